The molecule has 0 radical (unpaired) electrons. The maximum absolute atomic E-state index is 12.2. The number of hydrogen-bond donors (Lipinski definition) is 0. The number of likely N-dealkylation sites (tertiary alicyclic amines) is 1. The number of nitrogens with zero attached hydrogens (tertiary/aromatic N) is 1. The van der Waals surface area contributed by atoms with Crippen LogP contribution in [0.15, 0.2) is 41.3 Å². The van der Waals surface area contributed by atoms with E-state index in [1.54, 1.807) is 11.8 Å². The molecule has 3 rings (SSSR count). The van der Waals surface area contributed by atoms with Crippen molar-refractivity contribution < 1.29 is 14.3 Å². The molecule has 2 aromatic carbocycles. The van der Waals surface area contributed by atoms with Gasteiger partial charge in [-0.3, -0.25) is 9.59 Å². The van der Waals surface area contributed by atoms with E-state index in [1.807, 2.05) is 36.4 Å². The van der Waals surface area contributed by atoms with Crippen LogP contribution in [0.5, 0.6) is 0 Å². The molecule has 0 saturated carbocycles. The first-order valence-electron chi connectivity index (χ1n) is 8.34. The summed E-state index contributed by atoms with van der Waals surface area (Å²) in [5.74, 6) is -0.361. The lowest BCUT2D eigenvalue weighted by atomic mass is 10.1. The summed E-state index contributed by atoms with van der Waals surface area (Å²) in [6.07, 6.45) is 1.30. The summed E-state index contributed by atoms with van der Waals surface area (Å²) in [5, 5.41) is 2.63. The molecule has 1 saturated heterocycles. The van der Waals surface area contributed by atoms with E-state index >= 15 is 0 Å². The van der Waals surface area contributed by atoms with Crippen LogP contribution in [0.3, 0.4) is 0 Å². The first-order chi connectivity index (χ1) is 12.1. The Balaban J connectivity index is 1.60. The predicted octanol–water partition coefficient (Wildman–Crippen LogP) is 4.14. The van der Waals surface area contributed by atoms with Gasteiger partial charge in [0.25, 0.3) is 5.91 Å². The standard InChI is InChI=1S/C19H20ClNO3S/c1-13(19(23)21-10-2-3-11-21)24-17(22)12-25-16-9-5-7-14-6-4-8-15(20)18(14)16/h4-9,13H,2-3,10-12H2,1H3/t13-/m1/s1. The third-order valence-corrected chi connectivity index (χ3v) is 5.58. The number of ether oxygens (including phenoxy) is 1. The molecule has 1 atom stereocenters. The molecular weight excluding hydrogens is 358 g/mol. The summed E-state index contributed by atoms with van der Waals surface area (Å²) in [6, 6.07) is 11.6. The first-order valence-corrected chi connectivity index (χ1v) is 9.71. The molecule has 1 fully saturated rings. The summed E-state index contributed by atoms with van der Waals surface area (Å²) in [4.78, 5) is 27.0. The topological polar surface area (TPSA) is 46.6 Å². The molecule has 0 spiro atoms. The van der Waals surface area contributed by atoms with Crippen LogP contribution in [0.25, 0.3) is 10.8 Å². The lowest BCUT2D eigenvalue weighted by Crippen LogP contribution is -2.38. The van der Waals surface area contributed by atoms with Gasteiger partial charge in [0.2, 0.25) is 0 Å². The van der Waals surface area contributed by atoms with Gasteiger partial charge in [0.05, 0.1) is 5.75 Å². The second kappa shape index (κ2) is 8.11. The number of rotatable bonds is 5. The lowest BCUT2D eigenvalue weighted by Gasteiger charge is -2.20. The van der Waals surface area contributed by atoms with Gasteiger partial charge in [0.15, 0.2) is 6.10 Å². The van der Waals surface area contributed by atoms with Crippen molar-refractivity contribution >= 4 is 46.0 Å². The SMILES string of the molecule is C[C@@H](OC(=O)CSc1cccc2cccc(Cl)c12)C(=O)N1CCCC1. The van der Waals surface area contributed by atoms with Crippen molar-refractivity contribution in [1.29, 1.82) is 0 Å². The molecule has 0 N–H and O–H groups in total. The minimum atomic E-state index is -0.734. The second-order valence-corrected chi connectivity index (χ2v) is 7.47. The molecule has 2 aromatic rings. The molecule has 25 heavy (non-hydrogen) atoms. The molecule has 6 heteroatoms. The largest absolute Gasteiger partial charge is 0.452 e. The van der Waals surface area contributed by atoms with Gasteiger partial charge in [-0.25, -0.2) is 0 Å². The van der Waals surface area contributed by atoms with E-state index in [-0.39, 0.29) is 11.7 Å². The molecule has 132 valence electrons. The van der Waals surface area contributed by atoms with E-state index in [0.717, 1.165) is 41.6 Å². The van der Waals surface area contributed by atoms with Crippen LogP contribution in [0, 0.1) is 0 Å². The van der Waals surface area contributed by atoms with Gasteiger partial charge in [0.1, 0.15) is 0 Å². The molecule has 1 aliphatic heterocycles. The number of thioether (sulfide) groups is 1. The van der Waals surface area contributed by atoms with E-state index in [4.69, 9.17) is 16.3 Å². The Labute approximate surface area is 156 Å². The van der Waals surface area contributed by atoms with Crippen LogP contribution in [-0.2, 0) is 14.3 Å². The van der Waals surface area contributed by atoms with Crippen molar-refractivity contribution in [2.24, 2.45) is 0 Å². The van der Waals surface area contributed by atoms with Gasteiger partial charge in [0, 0.05) is 28.4 Å². The Hall–Kier alpha value is -1.72. The van der Waals surface area contributed by atoms with Gasteiger partial charge in [-0.15, -0.1) is 11.8 Å². The molecule has 0 aromatic heterocycles. The highest BCUT2D eigenvalue weighted by Gasteiger charge is 2.25. The molecule has 0 aliphatic carbocycles. The van der Waals surface area contributed by atoms with Crippen molar-refractivity contribution in [3.05, 3.63) is 41.4 Å². The van der Waals surface area contributed by atoms with Crippen molar-refractivity contribution in [1.82, 2.24) is 4.90 Å². The van der Waals surface area contributed by atoms with Crippen LogP contribution in [-0.4, -0.2) is 41.7 Å². The van der Waals surface area contributed by atoms with Gasteiger partial charge >= 0.3 is 5.97 Å². The summed E-state index contributed by atoms with van der Waals surface area (Å²) in [7, 11) is 0. The van der Waals surface area contributed by atoms with Crippen molar-refractivity contribution in [3.63, 3.8) is 0 Å². The zero-order chi connectivity index (χ0) is 17.8. The minimum Gasteiger partial charge on any atom is -0.452 e. The molecular formula is C19H20ClNO3S. The Morgan fingerprint density at radius 2 is 1.88 bits per heavy atom. The fraction of sp³-hybridized carbons (Fsp3) is 0.368. The number of benzene rings is 2. The second-order valence-electron chi connectivity index (χ2n) is 6.05. The van der Waals surface area contributed by atoms with Crippen LogP contribution >= 0.6 is 23.4 Å². The number of amides is 1. The lowest BCUT2D eigenvalue weighted by molar-refractivity contribution is -0.156. The highest BCUT2D eigenvalue weighted by atomic mass is 35.5. The number of hydrogen-bond acceptors (Lipinski definition) is 4. The highest BCUT2D eigenvalue weighted by Crippen LogP contribution is 2.33. The van der Waals surface area contributed by atoms with E-state index in [9.17, 15) is 9.59 Å². The molecule has 4 nitrogen and oxygen atoms in total. The first kappa shape index (κ1) is 18.1. The Morgan fingerprint density at radius 3 is 2.60 bits per heavy atom. The third-order valence-electron chi connectivity index (χ3n) is 4.23. The van der Waals surface area contributed by atoms with Crippen molar-refractivity contribution in [2.45, 2.75) is 30.8 Å². The zero-order valence-electron chi connectivity index (χ0n) is 14.0. The van der Waals surface area contributed by atoms with Crippen LogP contribution in [0.1, 0.15) is 19.8 Å². The fourth-order valence-electron chi connectivity index (χ4n) is 3.00. The van der Waals surface area contributed by atoms with Crippen molar-refractivity contribution in [2.75, 3.05) is 18.8 Å². The van der Waals surface area contributed by atoms with Crippen LogP contribution < -0.4 is 0 Å². The quantitative estimate of drug-likeness (QED) is 0.580. The van der Waals surface area contributed by atoms with E-state index in [2.05, 4.69) is 0 Å². The summed E-state index contributed by atoms with van der Waals surface area (Å²) < 4.78 is 5.30. The number of esters is 1. The van der Waals surface area contributed by atoms with E-state index in [1.165, 1.54) is 11.8 Å². The zero-order valence-corrected chi connectivity index (χ0v) is 15.6. The van der Waals surface area contributed by atoms with Gasteiger partial charge in [-0.1, -0.05) is 35.9 Å². The Morgan fingerprint density at radius 1 is 1.20 bits per heavy atom. The summed E-state index contributed by atoms with van der Waals surface area (Å²) in [5.41, 5.74) is 0. The number of halogens is 1. The Bertz CT molecular complexity index is 784. The maximum atomic E-state index is 12.2. The minimum absolute atomic E-state index is 0.107. The highest BCUT2D eigenvalue weighted by molar-refractivity contribution is 8.00. The van der Waals surface area contributed by atoms with Gasteiger partial charge in [-0.2, -0.15) is 0 Å². The Kier molecular flexibility index (Phi) is 5.86. The van der Waals surface area contributed by atoms with Gasteiger partial charge in [-0.05, 0) is 37.3 Å². The number of carbonyl (C=O) groups is 2. The molecule has 1 amide bonds. The van der Waals surface area contributed by atoms with E-state index in [0.29, 0.717) is 5.02 Å². The molecule has 1 heterocycles. The smallest absolute Gasteiger partial charge is 0.317 e. The molecule has 1 aliphatic rings. The fourth-order valence-corrected chi connectivity index (χ4v) is 4.22. The third kappa shape index (κ3) is 4.28. The number of carbonyl (C=O) groups excluding carboxylic acids is 2. The average molecular weight is 378 g/mol. The normalized spacial score (nSPS) is 15.4. The summed E-state index contributed by atoms with van der Waals surface area (Å²) in [6.45, 7) is 3.14. The molecule has 0 unspecified atom stereocenters. The van der Waals surface area contributed by atoms with Gasteiger partial charge < -0.3 is 9.64 Å². The maximum Gasteiger partial charge on any atom is 0.317 e. The average Bonchev–Trinajstić information content (AvgIpc) is 3.14. The van der Waals surface area contributed by atoms with E-state index < -0.39 is 12.1 Å². The number of fused-ring (bicyclic) bond motifs is 1. The predicted molar refractivity (Wildman–Crippen MR) is 101 cm³/mol. The van der Waals surface area contributed by atoms with Crippen molar-refractivity contribution in [3.8, 4) is 0 Å². The van der Waals surface area contributed by atoms with Crippen LogP contribution in [0.2, 0.25) is 5.02 Å². The monoisotopic (exact) mass is 377 g/mol. The molecule has 0 bridgehead atoms. The van der Waals surface area contributed by atoms with Crippen LogP contribution in [0.4, 0.5) is 0 Å². The summed E-state index contributed by atoms with van der Waals surface area (Å²) >= 11 is 7.67.